The Labute approximate surface area is 166 Å². The number of fused-ring (bicyclic) bond motifs is 3. The summed E-state index contributed by atoms with van der Waals surface area (Å²) in [7, 11) is 0. The van der Waals surface area contributed by atoms with E-state index < -0.39 is 29.6 Å². The van der Waals surface area contributed by atoms with E-state index in [1.54, 1.807) is 4.90 Å². The lowest BCUT2D eigenvalue weighted by Crippen LogP contribution is -2.68. The third-order valence-electron chi connectivity index (χ3n) is 6.54. The van der Waals surface area contributed by atoms with Crippen LogP contribution in [0.1, 0.15) is 36.4 Å². The molecule has 152 valence electrons. The van der Waals surface area contributed by atoms with Crippen LogP contribution < -0.4 is 15.5 Å². The summed E-state index contributed by atoms with van der Waals surface area (Å²) < 4.78 is 15.2. The van der Waals surface area contributed by atoms with Gasteiger partial charge in [-0.25, -0.2) is 4.39 Å². The Morgan fingerprint density at radius 2 is 1.97 bits per heavy atom. The van der Waals surface area contributed by atoms with E-state index in [0.717, 1.165) is 25.2 Å². The maximum Gasteiger partial charge on any atom is 0.243 e. The Kier molecular flexibility index (Phi) is 4.25. The van der Waals surface area contributed by atoms with Gasteiger partial charge in [0.05, 0.1) is 6.04 Å². The number of nitrogens with zero attached hydrogens (tertiary/aromatic N) is 2. The fraction of sp³-hybridized carbons (Fsp3) is 0.500. The number of hydrogen-bond donors (Lipinski definition) is 2. The van der Waals surface area contributed by atoms with Gasteiger partial charge in [0.1, 0.15) is 11.9 Å². The van der Waals surface area contributed by atoms with E-state index in [0.29, 0.717) is 17.6 Å². The van der Waals surface area contributed by atoms with Crippen LogP contribution in [0.2, 0.25) is 0 Å². The highest BCUT2D eigenvalue weighted by Gasteiger charge is 2.46. The second kappa shape index (κ2) is 6.70. The van der Waals surface area contributed by atoms with E-state index in [9.17, 15) is 19.2 Å². The minimum Gasteiger partial charge on any atom is -0.363 e. The summed E-state index contributed by atoms with van der Waals surface area (Å²) in [4.78, 5) is 51.3. The van der Waals surface area contributed by atoms with E-state index in [2.05, 4.69) is 15.5 Å². The molecule has 4 aliphatic heterocycles. The molecule has 2 bridgehead atoms. The van der Waals surface area contributed by atoms with E-state index in [-0.39, 0.29) is 37.1 Å². The van der Waals surface area contributed by atoms with E-state index >= 15 is 4.39 Å². The third-order valence-corrected chi connectivity index (χ3v) is 6.54. The molecule has 29 heavy (non-hydrogen) atoms. The topological polar surface area (TPSA) is 98.8 Å². The van der Waals surface area contributed by atoms with Crippen LogP contribution in [0.4, 0.5) is 10.1 Å². The number of anilines is 1. The molecule has 4 atom stereocenters. The quantitative estimate of drug-likeness (QED) is 0.411. The van der Waals surface area contributed by atoms with Crippen molar-refractivity contribution in [2.45, 2.75) is 50.0 Å². The molecule has 5 rings (SSSR count). The number of nitrogens with one attached hydrogen (secondary N) is 2. The van der Waals surface area contributed by atoms with Crippen LogP contribution in [0.15, 0.2) is 12.1 Å². The van der Waals surface area contributed by atoms with Gasteiger partial charge in [-0.1, -0.05) is 0 Å². The SMILES string of the molecule is O=CC(=O)C1c2c(F)cc(N3C4CNCC3C4)cc2CN1C1CCC(=O)NC1=O. The first kappa shape index (κ1) is 18.4. The molecule has 1 aromatic rings. The highest BCUT2D eigenvalue weighted by molar-refractivity contribution is 6.27. The third kappa shape index (κ3) is 2.79. The summed E-state index contributed by atoms with van der Waals surface area (Å²) in [5.41, 5.74) is 1.55. The fourth-order valence-electron chi connectivity index (χ4n) is 5.26. The van der Waals surface area contributed by atoms with Crippen molar-refractivity contribution >= 4 is 29.6 Å². The standard InChI is InChI=1S/C20H21FN4O4/c21-14-5-11(25-12-4-13(25)7-22-6-12)3-10-8-24(19(18(10)14)16(27)9-26)15-1-2-17(28)23-20(15)29/h3,5,9,12-13,15,19,22H,1-2,4,6-8H2,(H,23,28,29). The number of hydrogen-bond acceptors (Lipinski definition) is 7. The van der Waals surface area contributed by atoms with Crippen LogP contribution in [0.3, 0.4) is 0 Å². The minimum atomic E-state index is -1.14. The molecule has 0 spiro atoms. The average Bonchev–Trinajstić information content (AvgIpc) is 3.07. The summed E-state index contributed by atoms with van der Waals surface area (Å²) in [6.07, 6.45) is 1.62. The highest BCUT2D eigenvalue weighted by Crippen LogP contribution is 2.43. The predicted molar refractivity (Wildman–Crippen MR) is 99.5 cm³/mol. The molecular formula is C20H21FN4O4. The molecule has 0 saturated carbocycles. The number of halogens is 1. The van der Waals surface area contributed by atoms with Crippen molar-refractivity contribution in [3.8, 4) is 0 Å². The Bertz CT molecular complexity index is 921. The second-order valence-corrected chi connectivity index (χ2v) is 8.17. The monoisotopic (exact) mass is 400 g/mol. The predicted octanol–water partition coefficient (Wildman–Crippen LogP) is -0.194. The number of rotatable bonds is 4. The summed E-state index contributed by atoms with van der Waals surface area (Å²) in [6.45, 7) is 1.88. The van der Waals surface area contributed by atoms with Crippen molar-refractivity contribution < 1.29 is 23.6 Å². The van der Waals surface area contributed by atoms with E-state index in [4.69, 9.17) is 0 Å². The van der Waals surface area contributed by atoms with Crippen LogP contribution >= 0.6 is 0 Å². The van der Waals surface area contributed by atoms with Crippen molar-refractivity contribution in [3.05, 3.63) is 29.1 Å². The molecular weight excluding hydrogens is 379 g/mol. The molecule has 2 N–H and O–H groups in total. The Morgan fingerprint density at radius 3 is 2.62 bits per heavy atom. The summed E-state index contributed by atoms with van der Waals surface area (Å²) >= 11 is 0. The molecule has 0 aromatic heterocycles. The number of benzene rings is 1. The van der Waals surface area contributed by atoms with Crippen molar-refractivity contribution in [3.63, 3.8) is 0 Å². The van der Waals surface area contributed by atoms with Gasteiger partial charge in [-0.3, -0.25) is 29.4 Å². The molecule has 4 heterocycles. The fourth-order valence-corrected chi connectivity index (χ4v) is 5.26. The zero-order valence-electron chi connectivity index (χ0n) is 15.7. The van der Waals surface area contributed by atoms with E-state index in [1.165, 1.54) is 6.07 Å². The summed E-state index contributed by atoms with van der Waals surface area (Å²) in [5, 5.41) is 5.61. The van der Waals surface area contributed by atoms with Gasteiger partial charge < -0.3 is 10.2 Å². The molecule has 8 nitrogen and oxygen atoms in total. The molecule has 0 aliphatic carbocycles. The first-order valence-electron chi connectivity index (χ1n) is 9.87. The lowest BCUT2D eigenvalue weighted by molar-refractivity contribution is -0.141. The van der Waals surface area contributed by atoms with Gasteiger partial charge in [-0.15, -0.1) is 0 Å². The zero-order chi connectivity index (χ0) is 20.3. The van der Waals surface area contributed by atoms with Crippen LogP contribution in [0.25, 0.3) is 0 Å². The number of carbonyl (C=O) groups is 4. The molecule has 3 saturated heterocycles. The van der Waals surface area contributed by atoms with Gasteiger partial charge in [0.15, 0.2) is 6.29 Å². The number of carbonyl (C=O) groups excluding carboxylic acids is 4. The van der Waals surface area contributed by atoms with Crippen LogP contribution in [-0.4, -0.2) is 60.0 Å². The summed E-state index contributed by atoms with van der Waals surface area (Å²) in [5.74, 6) is -2.20. The molecule has 4 unspecified atom stereocenters. The second-order valence-electron chi connectivity index (χ2n) is 8.17. The first-order chi connectivity index (χ1) is 14.0. The molecule has 1 aromatic carbocycles. The number of Topliss-reactive ketones (excluding diaryl/α,β-unsaturated/α-hetero) is 1. The van der Waals surface area contributed by atoms with Crippen molar-refractivity contribution in [2.24, 2.45) is 0 Å². The Balaban J connectivity index is 1.51. The number of ketones is 1. The largest absolute Gasteiger partial charge is 0.363 e. The van der Waals surface area contributed by atoms with Crippen LogP contribution in [0, 0.1) is 5.82 Å². The summed E-state index contributed by atoms with van der Waals surface area (Å²) in [6, 6.07) is 2.06. The normalized spacial score (nSPS) is 31.1. The number of aldehydes is 1. The molecule has 9 heteroatoms. The molecule has 3 fully saturated rings. The van der Waals surface area contributed by atoms with Crippen molar-refractivity contribution in [1.29, 1.82) is 0 Å². The maximum atomic E-state index is 15.2. The van der Waals surface area contributed by atoms with Gasteiger partial charge >= 0.3 is 0 Å². The zero-order valence-corrected chi connectivity index (χ0v) is 15.7. The van der Waals surface area contributed by atoms with Crippen molar-refractivity contribution in [2.75, 3.05) is 18.0 Å². The molecule has 2 amide bonds. The van der Waals surface area contributed by atoms with Crippen LogP contribution in [-0.2, 0) is 25.7 Å². The smallest absolute Gasteiger partial charge is 0.243 e. The number of piperidine rings is 2. The van der Waals surface area contributed by atoms with Gasteiger partial charge in [0, 0.05) is 49.4 Å². The average molecular weight is 400 g/mol. The lowest BCUT2D eigenvalue weighted by atomic mass is 9.87. The van der Waals surface area contributed by atoms with Crippen molar-refractivity contribution in [1.82, 2.24) is 15.5 Å². The Morgan fingerprint density at radius 1 is 1.21 bits per heavy atom. The molecule has 4 aliphatic rings. The lowest BCUT2D eigenvalue weighted by Gasteiger charge is -2.54. The van der Waals surface area contributed by atoms with Gasteiger partial charge in [0.2, 0.25) is 17.6 Å². The van der Waals surface area contributed by atoms with Gasteiger partial charge in [-0.05, 0) is 30.5 Å². The molecule has 0 radical (unpaired) electrons. The Hall–Kier alpha value is -2.65. The van der Waals surface area contributed by atoms with Gasteiger partial charge in [-0.2, -0.15) is 0 Å². The first-order valence-corrected chi connectivity index (χ1v) is 9.87. The number of amides is 2. The highest BCUT2D eigenvalue weighted by atomic mass is 19.1. The van der Waals surface area contributed by atoms with Gasteiger partial charge in [0.25, 0.3) is 0 Å². The number of piperazine rings is 1. The number of imide groups is 1. The maximum absolute atomic E-state index is 15.2. The van der Waals surface area contributed by atoms with Crippen LogP contribution in [0.5, 0.6) is 0 Å². The minimum absolute atomic E-state index is 0.142. The van der Waals surface area contributed by atoms with E-state index in [1.807, 2.05) is 6.07 Å².